The van der Waals surface area contributed by atoms with Gasteiger partial charge in [0.15, 0.2) is 5.96 Å². The molecule has 2 unspecified atom stereocenters. The molecule has 4 rings (SSSR count). The topological polar surface area (TPSA) is 58.6 Å². The largest absolute Gasteiger partial charge is 0.378 e. The molecule has 7 nitrogen and oxygen atoms in total. The SMILES string of the molecule is CCNC(=NCc1ccccc1N1CCOCC1)N1CCOC(C2CCCO2)C1. The van der Waals surface area contributed by atoms with Gasteiger partial charge in [-0.1, -0.05) is 18.2 Å². The number of nitrogens with one attached hydrogen (secondary N) is 1. The van der Waals surface area contributed by atoms with E-state index in [-0.39, 0.29) is 12.2 Å². The van der Waals surface area contributed by atoms with E-state index < -0.39 is 0 Å². The highest BCUT2D eigenvalue weighted by atomic mass is 16.5. The minimum atomic E-state index is 0.135. The van der Waals surface area contributed by atoms with Crippen LogP contribution >= 0.6 is 0 Å². The van der Waals surface area contributed by atoms with Crippen molar-refractivity contribution >= 4 is 11.6 Å². The molecule has 1 aromatic carbocycles. The number of nitrogens with zero attached hydrogens (tertiary/aromatic N) is 3. The van der Waals surface area contributed by atoms with Crippen LogP contribution in [-0.2, 0) is 20.8 Å². The fourth-order valence-electron chi connectivity index (χ4n) is 4.33. The summed E-state index contributed by atoms with van der Waals surface area (Å²) in [5.74, 6) is 0.968. The van der Waals surface area contributed by atoms with Gasteiger partial charge in [-0.05, 0) is 31.4 Å². The van der Waals surface area contributed by atoms with E-state index in [1.807, 2.05) is 0 Å². The third-order valence-corrected chi connectivity index (χ3v) is 5.85. The van der Waals surface area contributed by atoms with Crippen molar-refractivity contribution in [1.82, 2.24) is 10.2 Å². The van der Waals surface area contributed by atoms with Gasteiger partial charge in [0.05, 0.1) is 32.5 Å². The van der Waals surface area contributed by atoms with Gasteiger partial charge in [-0.25, -0.2) is 4.99 Å². The van der Waals surface area contributed by atoms with E-state index in [9.17, 15) is 0 Å². The number of hydrogen-bond donors (Lipinski definition) is 1. The zero-order valence-corrected chi connectivity index (χ0v) is 17.5. The molecule has 1 N–H and O–H groups in total. The van der Waals surface area contributed by atoms with E-state index in [0.717, 1.165) is 78.0 Å². The van der Waals surface area contributed by atoms with E-state index in [2.05, 4.69) is 46.3 Å². The zero-order valence-electron chi connectivity index (χ0n) is 17.5. The maximum atomic E-state index is 6.01. The van der Waals surface area contributed by atoms with Crippen molar-refractivity contribution < 1.29 is 14.2 Å². The summed E-state index contributed by atoms with van der Waals surface area (Å²) in [6, 6.07) is 8.60. The number of benzene rings is 1. The molecule has 3 saturated heterocycles. The third kappa shape index (κ3) is 5.21. The fraction of sp³-hybridized carbons (Fsp3) is 0.682. The summed E-state index contributed by atoms with van der Waals surface area (Å²) in [6.45, 7) is 10.4. The van der Waals surface area contributed by atoms with Gasteiger partial charge in [0.2, 0.25) is 0 Å². The van der Waals surface area contributed by atoms with Gasteiger partial charge in [-0.15, -0.1) is 0 Å². The van der Waals surface area contributed by atoms with Gasteiger partial charge in [-0.2, -0.15) is 0 Å². The predicted molar refractivity (Wildman–Crippen MR) is 115 cm³/mol. The van der Waals surface area contributed by atoms with Gasteiger partial charge in [0.25, 0.3) is 0 Å². The zero-order chi connectivity index (χ0) is 19.9. The Balaban J connectivity index is 1.46. The molecule has 0 aromatic heterocycles. The second kappa shape index (κ2) is 10.3. The monoisotopic (exact) mass is 402 g/mol. The van der Waals surface area contributed by atoms with Crippen molar-refractivity contribution in [2.24, 2.45) is 4.99 Å². The van der Waals surface area contributed by atoms with E-state index >= 15 is 0 Å². The number of hydrogen-bond acceptors (Lipinski definition) is 5. The molecule has 0 bridgehead atoms. The first-order valence-electron chi connectivity index (χ1n) is 11.0. The third-order valence-electron chi connectivity index (χ3n) is 5.85. The molecular formula is C22H34N4O3. The first-order chi connectivity index (χ1) is 14.3. The van der Waals surface area contributed by atoms with E-state index in [0.29, 0.717) is 6.54 Å². The van der Waals surface area contributed by atoms with Crippen LogP contribution in [0.15, 0.2) is 29.3 Å². The average Bonchev–Trinajstić information content (AvgIpc) is 3.33. The van der Waals surface area contributed by atoms with E-state index in [4.69, 9.17) is 19.2 Å². The molecule has 3 aliphatic rings. The lowest BCUT2D eigenvalue weighted by atomic mass is 10.1. The Hall–Kier alpha value is -1.83. The molecular weight excluding hydrogens is 368 g/mol. The lowest BCUT2D eigenvalue weighted by molar-refractivity contribution is -0.0817. The molecule has 3 fully saturated rings. The molecule has 0 spiro atoms. The summed E-state index contributed by atoms with van der Waals surface area (Å²) < 4.78 is 17.4. The number of morpholine rings is 2. The normalized spacial score (nSPS) is 26.0. The number of rotatable bonds is 5. The van der Waals surface area contributed by atoms with Crippen molar-refractivity contribution in [1.29, 1.82) is 0 Å². The summed E-state index contributed by atoms with van der Waals surface area (Å²) in [5.41, 5.74) is 2.53. The van der Waals surface area contributed by atoms with Gasteiger partial charge in [0.1, 0.15) is 6.10 Å². The highest BCUT2D eigenvalue weighted by Crippen LogP contribution is 2.23. The maximum absolute atomic E-state index is 6.01. The summed E-state index contributed by atoms with van der Waals surface area (Å²) in [6.07, 6.45) is 2.59. The van der Waals surface area contributed by atoms with Crippen LogP contribution in [0.2, 0.25) is 0 Å². The highest BCUT2D eigenvalue weighted by Gasteiger charge is 2.32. The smallest absolute Gasteiger partial charge is 0.194 e. The minimum Gasteiger partial charge on any atom is -0.378 e. The van der Waals surface area contributed by atoms with Gasteiger partial charge < -0.3 is 29.3 Å². The molecule has 1 aromatic rings. The van der Waals surface area contributed by atoms with E-state index in [1.165, 1.54) is 11.3 Å². The Labute approximate surface area is 174 Å². The fourth-order valence-corrected chi connectivity index (χ4v) is 4.33. The van der Waals surface area contributed by atoms with Crippen molar-refractivity contribution in [3.8, 4) is 0 Å². The van der Waals surface area contributed by atoms with Crippen molar-refractivity contribution in [3.05, 3.63) is 29.8 Å². The molecule has 2 atom stereocenters. The minimum absolute atomic E-state index is 0.135. The van der Waals surface area contributed by atoms with Crippen LogP contribution in [-0.4, -0.2) is 82.2 Å². The van der Waals surface area contributed by atoms with Gasteiger partial charge in [-0.3, -0.25) is 0 Å². The summed E-state index contributed by atoms with van der Waals surface area (Å²) in [4.78, 5) is 9.74. The lowest BCUT2D eigenvalue weighted by Crippen LogP contribution is -2.53. The number of guanidine groups is 1. The predicted octanol–water partition coefficient (Wildman–Crippen LogP) is 1.87. The highest BCUT2D eigenvalue weighted by molar-refractivity contribution is 5.80. The number of anilines is 1. The molecule has 0 aliphatic carbocycles. The maximum Gasteiger partial charge on any atom is 0.194 e. The Morgan fingerprint density at radius 3 is 2.69 bits per heavy atom. The molecule has 0 radical (unpaired) electrons. The standard InChI is InChI=1S/C22H34N4O3/c1-2-23-22(26-11-15-29-21(17-26)20-8-5-12-28-20)24-16-18-6-3-4-7-19(18)25-9-13-27-14-10-25/h3-4,6-7,20-21H,2,5,8-17H2,1H3,(H,23,24). The summed E-state index contributed by atoms with van der Waals surface area (Å²) in [5, 5.41) is 3.48. The van der Waals surface area contributed by atoms with Crippen LogP contribution in [0, 0.1) is 0 Å². The molecule has 3 aliphatic heterocycles. The second-order valence-corrected chi connectivity index (χ2v) is 7.81. The second-order valence-electron chi connectivity index (χ2n) is 7.81. The molecule has 29 heavy (non-hydrogen) atoms. The Kier molecular flexibility index (Phi) is 7.24. The quantitative estimate of drug-likeness (QED) is 0.599. The van der Waals surface area contributed by atoms with Gasteiger partial charge >= 0.3 is 0 Å². The van der Waals surface area contributed by atoms with Crippen LogP contribution < -0.4 is 10.2 Å². The Bertz CT molecular complexity index is 672. The van der Waals surface area contributed by atoms with Crippen LogP contribution in [0.4, 0.5) is 5.69 Å². The van der Waals surface area contributed by atoms with Crippen LogP contribution in [0.1, 0.15) is 25.3 Å². The van der Waals surface area contributed by atoms with Crippen LogP contribution in [0.3, 0.4) is 0 Å². The van der Waals surface area contributed by atoms with Crippen molar-refractivity contribution in [2.45, 2.75) is 38.5 Å². The first kappa shape index (κ1) is 20.4. The number of para-hydroxylation sites is 1. The Morgan fingerprint density at radius 1 is 1.07 bits per heavy atom. The van der Waals surface area contributed by atoms with Gasteiger partial charge in [0, 0.05) is 45.0 Å². The molecule has 7 heteroatoms. The number of ether oxygens (including phenoxy) is 3. The Morgan fingerprint density at radius 2 is 1.90 bits per heavy atom. The molecule has 0 amide bonds. The molecule has 160 valence electrons. The van der Waals surface area contributed by atoms with Crippen LogP contribution in [0.5, 0.6) is 0 Å². The van der Waals surface area contributed by atoms with Crippen molar-refractivity contribution in [2.75, 3.05) is 64.1 Å². The van der Waals surface area contributed by atoms with Crippen molar-refractivity contribution in [3.63, 3.8) is 0 Å². The first-order valence-corrected chi connectivity index (χ1v) is 11.0. The average molecular weight is 403 g/mol. The lowest BCUT2D eigenvalue weighted by Gasteiger charge is -2.37. The molecule has 3 heterocycles. The molecule has 0 saturated carbocycles. The number of aliphatic imine (C=N–C) groups is 1. The van der Waals surface area contributed by atoms with E-state index in [1.54, 1.807) is 0 Å². The van der Waals surface area contributed by atoms with Crippen LogP contribution in [0.25, 0.3) is 0 Å². The summed E-state index contributed by atoms with van der Waals surface area (Å²) >= 11 is 0. The summed E-state index contributed by atoms with van der Waals surface area (Å²) in [7, 11) is 0.